The monoisotopic (exact) mass is 1060 g/mol. The molecule has 0 heterocycles. The summed E-state index contributed by atoms with van der Waals surface area (Å²) in [7, 11) is 0. The van der Waals surface area contributed by atoms with E-state index in [1.165, 1.54) is 289 Å². The zero-order valence-electron chi connectivity index (χ0n) is 51.1. The highest BCUT2D eigenvalue weighted by Gasteiger charge is 2.19. The smallest absolute Gasteiger partial charge is 0.306 e. The van der Waals surface area contributed by atoms with E-state index in [4.69, 9.17) is 14.2 Å². The highest BCUT2D eigenvalue weighted by Crippen LogP contribution is 2.19. The Balaban J connectivity index is 3.98. The fourth-order valence-electron chi connectivity index (χ4n) is 10.6. The molecule has 0 aromatic heterocycles. The molecule has 0 radical (unpaired) electrons. The lowest BCUT2D eigenvalue weighted by Crippen LogP contribution is -2.30. The summed E-state index contributed by atoms with van der Waals surface area (Å²) in [6, 6.07) is 0. The average Bonchev–Trinajstić information content (AvgIpc) is 3.41. The van der Waals surface area contributed by atoms with Crippen LogP contribution in [-0.2, 0) is 28.6 Å². The quantitative estimate of drug-likeness (QED) is 0.0261. The van der Waals surface area contributed by atoms with Crippen molar-refractivity contribution in [3.05, 3.63) is 12.2 Å². The van der Waals surface area contributed by atoms with Crippen LogP contribution < -0.4 is 0 Å². The van der Waals surface area contributed by atoms with Crippen molar-refractivity contribution >= 4 is 17.9 Å². The number of carbonyl (C=O) groups excluding carboxylic acids is 3. The Morgan fingerprint density at radius 2 is 0.440 bits per heavy atom. The third-order valence-electron chi connectivity index (χ3n) is 15.8. The molecule has 0 saturated heterocycles. The van der Waals surface area contributed by atoms with Gasteiger partial charge in [-0.3, -0.25) is 14.4 Å². The van der Waals surface area contributed by atoms with E-state index in [1.807, 2.05) is 0 Å². The summed E-state index contributed by atoms with van der Waals surface area (Å²) in [6.07, 6.45) is 76.9. The minimum atomic E-state index is -0.769. The SMILES string of the molecule is CCCCCC/C=C\CCCCCCCC(=O)OC(COC(=O)CCCCCCCCCCCCC)COC(=O)CCCCCCCCCCCCCCCCCCCCCCCCCCCCCCCCCCC. The molecule has 0 N–H and O–H groups in total. The van der Waals surface area contributed by atoms with E-state index in [0.717, 1.165) is 64.2 Å². The summed E-state index contributed by atoms with van der Waals surface area (Å²) in [4.78, 5) is 38.2. The van der Waals surface area contributed by atoms with E-state index in [1.54, 1.807) is 0 Å². The van der Waals surface area contributed by atoms with Crippen LogP contribution >= 0.6 is 0 Å². The van der Waals surface area contributed by atoms with Crippen molar-refractivity contribution in [2.24, 2.45) is 0 Å². The first kappa shape index (κ1) is 73.2. The van der Waals surface area contributed by atoms with Crippen LogP contribution in [0.5, 0.6) is 0 Å². The lowest BCUT2D eigenvalue weighted by atomic mass is 10.0. The van der Waals surface area contributed by atoms with Gasteiger partial charge in [0, 0.05) is 19.3 Å². The summed E-state index contributed by atoms with van der Waals surface area (Å²) in [5.41, 5.74) is 0. The van der Waals surface area contributed by atoms with Gasteiger partial charge >= 0.3 is 17.9 Å². The maximum atomic E-state index is 12.8. The van der Waals surface area contributed by atoms with Crippen LogP contribution in [0.1, 0.15) is 393 Å². The van der Waals surface area contributed by atoms with Crippen molar-refractivity contribution in [1.82, 2.24) is 0 Å². The normalized spacial score (nSPS) is 12.0. The summed E-state index contributed by atoms with van der Waals surface area (Å²) < 4.78 is 16.9. The molecular weight excluding hydrogens is 925 g/mol. The third-order valence-corrected chi connectivity index (χ3v) is 15.8. The van der Waals surface area contributed by atoms with Crippen molar-refractivity contribution in [1.29, 1.82) is 0 Å². The van der Waals surface area contributed by atoms with Crippen LogP contribution in [0.4, 0.5) is 0 Å². The van der Waals surface area contributed by atoms with E-state index < -0.39 is 6.10 Å². The molecule has 0 aromatic rings. The van der Waals surface area contributed by atoms with E-state index in [9.17, 15) is 14.4 Å². The van der Waals surface area contributed by atoms with Crippen molar-refractivity contribution in [3.8, 4) is 0 Å². The second-order valence-electron chi connectivity index (χ2n) is 23.5. The van der Waals surface area contributed by atoms with Crippen molar-refractivity contribution < 1.29 is 28.6 Å². The van der Waals surface area contributed by atoms with Crippen molar-refractivity contribution in [3.63, 3.8) is 0 Å². The second kappa shape index (κ2) is 64.7. The fourth-order valence-corrected chi connectivity index (χ4v) is 10.6. The molecule has 6 nitrogen and oxygen atoms in total. The minimum Gasteiger partial charge on any atom is -0.462 e. The van der Waals surface area contributed by atoms with Crippen LogP contribution in [0, 0.1) is 0 Å². The standard InChI is InChI=1S/C69H132O6/c1-4-7-10-13-16-19-22-24-25-26-27-28-29-30-31-32-33-34-35-36-37-38-39-40-41-42-43-45-47-50-53-56-59-62-68(71)74-65-66(64-73-67(70)61-58-55-52-49-46-21-18-15-12-9-6-3)75-69(72)63-60-57-54-51-48-44-23-20-17-14-11-8-5-2/h20,23,66H,4-19,21-22,24-65H2,1-3H3/b23-20-. The molecular formula is C69H132O6. The lowest BCUT2D eigenvalue weighted by Gasteiger charge is -2.18. The number of carbonyl (C=O) groups is 3. The Hall–Kier alpha value is -1.85. The van der Waals surface area contributed by atoms with Crippen LogP contribution in [0.15, 0.2) is 12.2 Å². The molecule has 0 saturated carbocycles. The Kier molecular flexibility index (Phi) is 63.1. The minimum absolute atomic E-state index is 0.0674. The molecule has 1 atom stereocenters. The molecule has 75 heavy (non-hydrogen) atoms. The number of ether oxygens (including phenoxy) is 3. The van der Waals surface area contributed by atoms with Gasteiger partial charge in [0.25, 0.3) is 0 Å². The maximum absolute atomic E-state index is 12.8. The molecule has 6 heteroatoms. The number of hydrogen-bond donors (Lipinski definition) is 0. The molecule has 444 valence electrons. The summed E-state index contributed by atoms with van der Waals surface area (Å²) >= 11 is 0. The third kappa shape index (κ3) is 62.9. The van der Waals surface area contributed by atoms with Crippen LogP contribution in [0.25, 0.3) is 0 Å². The fraction of sp³-hybridized carbons (Fsp3) is 0.928. The summed E-state index contributed by atoms with van der Waals surface area (Å²) in [5, 5.41) is 0. The number of allylic oxidation sites excluding steroid dienone is 2. The molecule has 0 amide bonds. The summed E-state index contributed by atoms with van der Waals surface area (Å²) in [5.74, 6) is -0.850. The van der Waals surface area contributed by atoms with Gasteiger partial charge in [-0.15, -0.1) is 0 Å². The van der Waals surface area contributed by atoms with Crippen LogP contribution in [0.3, 0.4) is 0 Å². The second-order valence-corrected chi connectivity index (χ2v) is 23.5. The summed E-state index contributed by atoms with van der Waals surface area (Å²) in [6.45, 7) is 6.68. The molecule has 0 aromatic carbocycles. The number of hydrogen-bond acceptors (Lipinski definition) is 6. The Morgan fingerprint density at radius 3 is 0.680 bits per heavy atom. The predicted molar refractivity (Wildman–Crippen MR) is 326 cm³/mol. The largest absolute Gasteiger partial charge is 0.462 e. The van der Waals surface area contributed by atoms with Gasteiger partial charge in [-0.25, -0.2) is 0 Å². The van der Waals surface area contributed by atoms with Crippen molar-refractivity contribution in [2.45, 2.75) is 399 Å². The number of unbranched alkanes of at least 4 members (excludes halogenated alkanes) is 51. The topological polar surface area (TPSA) is 78.9 Å². The van der Waals surface area contributed by atoms with Gasteiger partial charge < -0.3 is 14.2 Å². The van der Waals surface area contributed by atoms with E-state index in [0.29, 0.717) is 19.3 Å². The van der Waals surface area contributed by atoms with Gasteiger partial charge in [-0.1, -0.05) is 341 Å². The first-order chi connectivity index (χ1) is 37.0. The average molecular weight is 1060 g/mol. The number of rotatable bonds is 64. The van der Waals surface area contributed by atoms with Gasteiger partial charge in [-0.05, 0) is 44.9 Å². The molecule has 0 bridgehead atoms. The molecule has 0 aliphatic heterocycles. The highest BCUT2D eigenvalue weighted by atomic mass is 16.6. The van der Waals surface area contributed by atoms with Gasteiger partial charge in [0.05, 0.1) is 0 Å². The lowest BCUT2D eigenvalue weighted by molar-refractivity contribution is -0.167. The molecule has 0 spiro atoms. The molecule has 0 aliphatic rings. The number of esters is 3. The van der Waals surface area contributed by atoms with E-state index in [2.05, 4.69) is 32.9 Å². The molecule has 0 aliphatic carbocycles. The Labute approximate surface area is 469 Å². The Morgan fingerprint density at radius 1 is 0.253 bits per heavy atom. The molecule has 0 rings (SSSR count). The van der Waals surface area contributed by atoms with Gasteiger partial charge in [0.2, 0.25) is 0 Å². The zero-order valence-corrected chi connectivity index (χ0v) is 51.1. The van der Waals surface area contributed by atoms with Gasteiger partial charge in [0.15, 0.2) is 6.10 Å². The maximum Gasteiger partial charge on any atom is 0.306 e. The van der Waals surface area contributed by atoms with E-state index >= 15 is 0 Å². The molecule has 1 unspecified atom stereocenters. The highest BCUT2D eigenvalue weighted by molar-refractivity contribution is 5.71. The first-order valence-electron chi connectivity index (χ1n) is 34.2. The Bertz CT molecular complexity index is 1170. The zero-order chi connectivity index (χ0) is 54.3. The first-order valence-corrected chi connectivity index (χ1v) is 34.2. The van der Waals surface area contributed by atoms with E-state index in [-0.39, 0.29) is 31.1 Å². The van der Waals surface area contributed by atoms with Gasteiger partial charge in [-0.2, -0.15) is 0 Å². The van der Waals surface area contributed by atoms with Crippen LogP contribution in [0.2, 0.25) is 0 Å². The molecule has 0 fully saturated rings. The van der Waals surface area contributed by atoms with Crippen LogP contribution in [-0.4, -0.2) is 37.2 Å². The van der Waals surface area contributed by atoms with Gasteiger partial charge in [0.1, 0.15) is 13.2 Å². The predicted octanol–water partition coefficient (Wildman–Crippen LogP) is 23.2. The van der Waals surface area contributed by atoms with Crippen molar-refractivity contribution in [2.75, 3.05) is 13.2 Å².